The van der Waals surface area contributed by atoms with Crippen LogP contribution in [0, 0.1) is 0 Å². The van der Waals surface area contributed by atoms with Crippen molar-refractivity contribution >= 4 is 16.0 Å². The number of aromatic nitrogens is 1. The molecule has 2 rings (SSSR count). The van der Waals surface area contributed by atoms with Gasteiger partial charge < -0.3 is 15.4 Å². The van der Waals surface area contributed by atoms with Gasteiger partial charge in [0.1, 0.15) is 10.6 Å². The van der Waals surface area contributed by atoms with Crippen LogP contribution < -0.4 is 20.1 Å². The van der Waals surface area contributed by atoms with Crippen molar-refractivity contribution in [1.82, 2.24) is 20.3 Å². The SMILES string of the molecule is CCNC(=NCCC(C)c1ccc(OC)cc1)NCCNS(=O)(=O)c1cccnc1. The molecule has 0 aliphatic carbocycles. The summed E-state index contributed by atoms with van der Waals surface area (Å²) in [7, 11) is -1.90. The van der Waals surface area contributed by atoms with E-state index in [1.54, 1.807) is 13.2 Å². The Bertz CT molecular complexity index is 887. The van der Waals surface area contributed by atoms with E-state index in [1.807, 2.05) is 19.1 Å². The summed E-state index contributed by atoms with van der Waals surface area (Å²) in [5.74, 6) is 1.88. The zero-order valence-corrected chi connectivity index (χ0v) is 18.6. The fourth-order valence-electron chi connectivity index (χ4n) is 2.77. The van der Waals surface area contributed by atoms with Crippen molar-refractivity contribution in [2.24, 2.45) is 4.99 Å². The number of hydrogen-bond donors (Lipinski definition) is 3. The molecule has 1 unspecified atom stereocenters. The zero-order valence-electron chi connectivity index (χ0n) is 17.8. The van der Waals surface area contributed by atoms with Gasteiger partial charge in [-0.25, -0.2) is 13.1 Å². The lowest BCUT2D eigenvalue weighted by Gasteiger charge is -2.14. The third kappa shape index (κ3) is 7.64. The first-order chi connectivity index (χ1) is 14.5. The Morgan fingerprint density at radius 2 is 1.93 bits per heavy atom. The Kier molecular flexibility index (Phi) is 9.56. The van der Waals surface area contributed by atoms with Gasteiger partial charge in [0.05, 0.1) is 7.11 Å². The molecule has 2 aromatic rings. The highest BCUT2D eigenvalue weighted by molar-refractivity contribution is 7.89. The number of rotatable bonds is 11. The van der Waals surface area contributed by atoms with Gasteiger partial charge in [-0.3, -0.25) is 9.98 Å². The van der Waals surface area contributed by atoms with Crippen molar-refractivity contribution in [2.45, 2.75) is 31.1 Å². The molecule has 0 aliphatic rings. The molecular weight excluding hydrogens is 402 g/mol. The van der Waals surface area contributed by atoms with Gasteiger partial charge in [-0.15, -0.1) is 0 Å². The molecule has 0 fully saturated rings. The summed E-state index contributed by atoms with van der Waals surface area (Å²) in [6.45, 7) is 6.20. The molecule has 0 bridgehead atoms. The van der Waals surface area contributed by atoms with Crippen LogP contribution in [-0.4, -0.2) is 52.7 Å². The molecule has 8 nitrogen and oxygen atoms in total. The van der Waals surface area contributed by atoms with Crippen LogP contribution >= 0.6 is 0 Å². The minimum absolute atomic E-state index is 0.151. The number of nitrogens with zero attached hydrogens (tertiary/aromatic N) is 2. The average Bonchev–Trinajstić information content (AvgIpc) is 2.77. The highest BCUT2D eigenvalue weighted by atomic mass is 32.2. The molecule has 3 N–H and O–H groups in total. The predicted molar refractivity (Wildman–Crippen MR) is 119 cm³/mol. The topological polar surface area (TPSA) is 105 Å². The molecule has 164 valence electrons. The molecule has 1 aromatic carbocycles. The van der Waals surface area contributed by atoms with Gasteiger partial charge >= 0.3 is 0 Å². The number of methoxy groups -OCH3 is 1. The van der Waals surface area contributed by atoms with Crippen LogP contribution in [0.25, 0.3) is 0 Å². The Balaban J connectivity index is 1.79. The maximum Gasteiger partial charge on any atom is 0.242 e. The summed E-state index contributed by atoms with van der Waals surface area (Å²) in [5, 5.41) is 6.33. The first-order valence-corrected chi connectivity index (χ1v) is 11.5. The second kappa shape index (κ2) is 12.1. The molecule has 9 heteroatoms. The molecule has 1 aromatic heterocycles. The number of ether oxygens (including phenoxy) is 1. The number of pyridine rings is 1. The average molecular weight is 434 g/mol. The smallest absolute Gasteiger partial charge is 0.242 e. The van der Waals surface area contributed by atoms with E-state index >= 15 is 0 Å². The third-order valence-corrected chi connectivity index (χ3v) is 5.96. The summed E-state index contributed by atoms with van der Waals surface area (Å²) in [6.07, 6.45) is 3.76. The summed E-state index contributed by atoms with van der Waals surface area (Å²) >= 11 is 0. The summed E-state index contributed by atoms with van der Waals surface area (Å²) in [5.41, 5.74) is 1.24. The normalized spacial score (nSPS) is 13.0. The van der Waals surface area contributed by atoms with Crippen LogP contribution in [0.1, 0.15) is 31.7 Å². The quantitative estimate of drug-likeness (QED) is 0.285. The van der Waals surface area contributed by atoms with Crippen molar-refractivity contribution in [3.63, 3.8) is 0 Å². The largest absolute Gasteiger partial charge is 0.497 e. The first-order valence-electron chi connectivity index (χ1n) is 10.0. The molecule has 0 spiro atoms. The van der Waals surface area contributed by atoms with Gasteiger partial charge in [-0.2, -0.15) is 0 Å². The Labute approximate surface area is 179 Å². The van der Waals surface area contributed by atoms with E-state index in [0.717, 1.165) is 18.7 Å². The third-order valence-electron chi connectivity index (χ3n) is 4.52. The molecule has 1 atom stereocenters. The van der Waals surface area contributed by atoms with Crippen molar-refractivity contribution in [1.29, 1.82) is 0 Å². The van der Waals surface area contributed by atoms with Crippen LogP contribution in [-0.2, 0) is 10.0 Å². The van der Waals surface area contributed by atoms with E-state index in [2.05, 4.69) is 44.4 Å². The standard InChI is InChI=1S/C21H31N5O3S/c1-4-23-21(24-13-11-17(2)18-7-9-19(29-3)10-8-18)25-14-15-26-30(27,28)20-6-5-12-22-16-20/h5-10,12,16-17,26H,4,11,13-15H2,1-3H3,(H2,23,24,25). The maximum absolute atomic E-state index is 12.2. The van der Waals surface area contributed by atoms with Crippen LogP contribution in [0.3, 0.4) is 0 Å². The number of nitrogens with one attached hydrogen (secondary N) is 3. The lowest BCUT2D eigenvalue weighted by molar-refractivity contribution is 0.414. The fraction of sp³-hybridized carbons (Fsp3) is 0.429. The van der Waals surface area contributed by atoms with Gasteiger partial charge in [-0.05, 0) is 49.1 Å². The predicted octanol–water partition coefficient (Wildman–Crippen LogP) is 2.12. The number of sulfonamides is 1. The number of aliphatic imine (C=N–C) groups is 1. The minimum atomic E-state index is -3.56. The molecule has 1 heterocycles. The Hall–Kier alpha value is -2.65. The lowest BCUT2D eigenvalue weighted by atomic mass is 9.98. The Morgan fingerprint density at radius 1 is 1.17 bits per heavy atom. The molecule has 30 heavy (non-hydrogen) atoms. The van der Waals surface area contributed by atoms with Crippen molar-refractivity contribution in [3.05, 3.63) is 54.4 Å². The van der Waals surface area contributed by atoms with E-state index in [9.17, 15) is 8.42 Å². The summed E-state index contributed by atoms with van der Waals surface area (Å²) in [6, 6.07) is 11.2. The van der Waals surface area contributed by atoms with Crippen LogP contribution in [0.2, 0.25) is 0 Å². The molecule has 0 aliphatic heterocycles. The number of hydrogen-bond acceptors (Lipinski definition) is 5. The molecule has 0 saturated carbocycles. The van der Waals surface area contributed by atoms with E-state index in [-0.39, 0.29) is 11.4 Å². The number of benzene rings is 1. The van der Waals surface area contributed by atoms with E-state index in [0.29, 0.717) is 25.0 Å². The summed E-state index contributed by atoms with van der Waals surface area (Å²) in [4.78, 5) is 8.58. The van der Waals surface area contributed by atoms with Crippen molar-refractivity contribution < 1.29 is 13.2 Å². The van der Waals surface area contributed by atoms with Crippen LogP contribution in [0.4, 0.5) is 0 Å². The van der Waals surface area contributed by atoms with Gasteiger partial charge in [0, 0.05) is 38.6 Å². The van der Waals surface area contributed by atoms with E-state index in [1.165, 1.54) is 24.0 Å². The zero-order chi connectivity index (χ0) is 21.8. The van der Waals surface area contributed by atoms with E-state index in [4.69, 9.17) is 4.74 Å². The van der Waals surface area contributed by atoms with Gasteiger partial charge in [-0.1, -0.05) is 19.1 Å². The second-order valence-corrected chi connectivity index (χ2v) is 8.50. The monoisotopic (exact) mass is 433 g/mol. The second-order valence-electron chi connectivity index (χ2n) is 6.74. The molecule has 0 amide bonds. The highest BCUT2D eigenvalue weighted by Crippen LogP contribution is 2.21. The number of guanidine groups is 1. The molecule has 0 saturated heterocycles. The van der Waals surface area contributed by atoms with Gasteiger partial charge in [0.15, 0.2) is 5.96 Å². The molecule has 0 radical (unpaired) electrons. The first kappa shape index (κ1) is 23.6. The van der Waals surface area contributed by atoms with Crippen LogP contribution in [0.15, 0.2) is 58.7 Å². The maximum atomic E-state index is 12.2. The van der Waals surface area contributed by atoms with Crippen molar-refractivity contribution in [2.75, 3.05) is 33.3 Å². The van der Waals surface area contributed by atoms with Gasteiger partial charge in [0.2, 0.25) is 10.0 Å². The minimum Gasteiger partial charge on any atom is -0.497 e. The lowest BCUT2D eigenvalue weighted by Crippen LogP contribution is -2.41. The van der Waals surface area contributed by atoms with Gasteiger partial charge in [0.25, 0.3) is 0 Å². The fourth-order valence-corrected chi connectivity index (χ4v) is 3.76. The Morgan fingerprint density at radius 3 is 2.57 bits per heavy atom. The summed E-state index contributed by atoms with van der Waals surface area (Å²) < 4.78 is 32.1. The van der Waals surface area contributed by atoms with E-state index < -0.39 is 10.0 Å². The van der Waals surface area contributed by atoms with Crippen molar-refractivity contribution in [3.8, 4) is 5.75 Å². The highest BCUT2D eigenvalue weighted by Gasteiger charge is 2.12. The van der Waals surface area contributed by atoms with Crippen LogP contribution in [0.5, 0.6) is 5.75 Å². The molecular formula is C21H31N5O3S.